The highest BCUT2D eigenvalue weighted by atomic mass is 35.5. The zero-order valence-electron chi connectivity index (χ0n) is 13.9. The first-order chi connectivity index (χ1) is 11.6. The highest BCUT2D eigenvalue weighted by molar-refractivity contribution is 7.89. The minimum absolute atomic E-state index is 0.0123. The van der Waals surface area contributed by atoms with Gasteiger partial charge in [0.2, 0.25) is 15.9 Å². The molecule has 1 aromatic rings. The standard InChI is InChI=1S/C15H20ClN3O5S/c1-9-7-19(8-10(2)24-9)25(22,23)13-5-11(3-4-12(13)16)15(21)18-6-14(17)20/h3-5,9-10H,6-8H2,1-2H3,(H2,17,20)(H,18,21). The number of benzene rings is 1. The van der Waals surface area contributed by atoms with E-state index in [9.17, 15) is 18.0 Å². The summed E-state index contributed by atoms with van der Waals surface area (Å²) in [6.07, 6.45) is -0.501. The van der Waals surface area contributed by atoms with Crippen LogP contribution in [0, 0.1) is 0 Å². The Hall–Kier alpha value is -1.68. The summed E-state index contributed by atoms with van der Waals surface area (Å²) in [5.41, 5.74) is 5.04. The number of amides is 2. The Balaban J connectivity index is 2.32. The predicted octanol–water partition coefficient (Wildman–Crippen LogP) is 0.353. The van der Waals surface area contributed by atoms with Crippen LogP contribution in [0.4, 0.5) is 0 Å². The second-order valence-corrected chi connectivity index (χ2v) is 8.19. The van der Waals surface area contributed by atoms with E-state index < -0.39 is 21.8 Å². The molecular formula is C15H20ClN3O5S. The first kappa shape index (κ1) is 19.6. The zero-order valence-corrected chi connectivity index (χ0v) is 15.4. The van der Waals surface area contributed by atoms with Crippen LogP contribution < -0.4 is 11.1 Å². The van der Waals surface area contributed by atoms with E-state index in [1.54, 1.807) is 13.8 Å². The summed E-state index contributed by atoms with van der Waals surface area (Å²) in [6.45, 7) is 3.62. The van der Waals surface area contributed by atoms with Crippen molar-refractivity contribution in [1.82, 2.24) is 9.62 Å². The van der Waals surface area contributed by atoms with Crippen molar-refractivity contribution >= 4 is 33.4 Å². The molecule has 0 aliphatic carbocycles. The lowest BCUT2D eigenvalue weighted by Gasteiger charge is -2.34. The second kappa shape index (κ2) is 7.69. The summed E-state index contributed by atoms with van der Waals surface area (Å²) >= 11 is 6.06. The van der Waals surface area contributed by atoms with E-state index in [0.29, 0.717) is 0 Å². The molecule has 1 aliphatic rings. The molecule has 0 radical (unpaired) electrons. The molecule has 10 heteroatoms. The van der Waals surface area contributed by atoms with Crippen LogP contribution in [-0.2, 0) is 19.6 Å². The monoisotopic (exact) mass is 389 g/mol. The Morgan fingerprint density at radius 2 is 1.92 bits per heavy atom. The lowest BCUT2D eigenvalue weighted by atomic mass is 10.2. The van der Waals surface area contributed by atoms with E-state index in [4.69, 9.17) is 22.1 Å². The Morgan fingerprint density at radius 1 is 1.32 bits per heavy atom. The molecule has 3 N–H and O–H groups in total. The van der Waals surface area contributed by atoms with Gasteiger partial charge in [0.15, 0.2) is 0 Å². The van der Waals surface area contributed by atoms with Crippen molar-refractivity contribution in [2.24, 2.45) is 5.73 Å². The van der Waals surface area contributed by atoms with Gasteiger partial charge in [-0.05, 0) is 32.0 Å². The molecule has 2 rings (SSSR count). The Morgan fingerprint density at radius 3 is 2.48 bits per heavy atom. The molecule has 2 amide bonds. The van der Waals surface area contributed by atoms with E-state index in [2.05, 4.69) is 5.32 Å². The fourth-order valence-corrected chi connectivity index (χ4v) is 4.67. The first-order valence-corrected chi connectivity index (χ1v) is 9.44. The molecule has 2 atom stereocenters. The summed E-state index contributed by atoms with van der Waals surface area (Å²) in [6, 6.07) is 3.90. The van der Waals surface area contributed by atoms with Gasteiger partial charge in [0.05, 0.1) is 23.8 Å². The van der Waals surface area contributed by atoms with E-state index in [1.807, 2.05) is 0 Å². The molecule has 0 aromatic heterocycles. The van der Waals surface area contributed by atoms with Gasteiger partial charge in [0, 0.05) is 18.7 Å². The van der Waals surface area contributed by atoms with Gasteiger partial charge < -0.3 is 15.8 Å². The molecule has 1 aliphatic heterocycles. The number of carbonyl (C=O) groups excluding carboxylic acids is 2. The topological polar surface area (TPSA) is 119 Å². The molecule has 25 heavy (non-hydrogen) atoms. The minimum atomic E-state index is -3.90. The number of nitrogens with zero attached hydrogens (tertiary/aromatic N) is 1. The van der Waals surface area contributed by atoms with Gasteiger partial charge in [-0.15, -0.1) is 0 Å². The molecule has 2 unspecified atom stereocenters. The van der Waals surface area contributed by atoms with Crippen LogP contribution in [0.3, 0.4) is 0 Å². The second-order valence-electron chi connectivity index (χ2n) is 5.87. The number of ether oxygens (including phenoxy) is 1. The quantitative estimate of drug-likeness (QED) is 0.753. The fourth-order valence-electron chi connectivity index (χ4n) is 2.58. The minimum Gasteiger partial charge on any atom is -0.373 e. The lowest BCUT2D eigenvalue weighted by molar-refractivity contribution is -0.117. The summed E-state index contributed by atoms with van der Waals surface area (Å²) in [4.78, 5) is 22.6. The van der Waals surface area contributed by atoms with Gasteiger partial charge in [-0.2, -0.15) is 4.31 Å². The summed E-state index contributed by atoms with van der Waals surface area (Å²) < 4.78 is 32.7. The average molecular weight is 390 g/mol. The van der Waals surface area contributed by atoms with Crippen LogP contribution in [0.5, 0.6) is 0 Å². The van der Waals surface area contributed by atoms with Crippen LogP contribution in [0.25, 0.3) is 0 Å². The first-order valence-electron chi connectivity index (χ1n) is 7.63. The summed E-state index contributed by atoms with van der Waals surface area (Å²) in [5, 5.41) is 2.32. The van der Waals surface area contributed by atoms with Gasteiger partial charge in [-0.25, -0.2) is 8.42 Å². The van der Waals surface area contributed by atoms with Crippen molar-refractivity contribution in [1.29, 1.82) is 0 Å². The number of nitrogens with one attached hydrogen (secondary N) is 1. The fraction of sp³-hybridized carbons (Fsp3) is 0.467. The molecular weight excluding hydrogens is 370 g/mol. The number of morpholine rings is 1. The molecule has 0 saturated carbocycles. The van der Waals surface area contributed by atoms with Crippen LogP contribution in [0.15, 0.2) is 23.1 Å². The van der Waals surface area contributed by atoms with Crippen LogP contribution in [-0.4, -0.2) is 56.4 Å². The molecule has 0 bridgehead atoms. The van der Waals surface area contributed by atoms with Crippen molar-refractivity contribution in [2.75, 3.05) is 19.6 Å². The van der Waals surface area contributed by atoms with E-state index in [-0.39, 0.29) is 47.3 Å². The smallest absolute Gasteiger partial charge is 0.251 e. The maximum atomic E-state index is 12.9. The molecule has 0 spiro atoms. The zero-order chi connectivity index (χ0) is 18.8. The number of hydrogen-bond acceptors (Lipinski definition) is 5. The lowest BCUT2D eigenvalue weighted by Crippen LogP contribution is -2.48. The van der Waals surface area contributed by atoms with Crippen molar-refractivity contribution in [3.8, 4) is 0 Å². The van der Waals surface area contributed by atoms with Crippen LogP contribution in [0.2, 0.25) is 5.02 Å². The number of carbonyl (C=O) groups is 2. The maximum Gasteiger partial charge on any atom is 0.251 e. The third-order valence-electron chi connectivity index (χ3n) is 3.62. The molecule has 8 nitrogen and oxygen atoms in total. The van der Waals surface area contributed by atoms with E-state index >= 15 is 0 Å². The largest absolute Gasteiger partial charge is 0.373 e. The SMILES string of the molecule is CC1CN(S(=O)(=O)c2cc(C(=O)NCC(N)=O)ccc2Cl)CC(C)O1. The molecule has 1 fully saturated rings. The molecule has 1 heterocycles. The summed E-state index contributed by atoms with van der Waals surface area (Å²) in [5.74, 6) is -1.32. The maximum absolute atomic E-state index is 12.9. The van der Waals surface area contributed by atoms with E-state index in [1.165, 1.54) is 22.5 Å². The number of hydrogen-bond donors (Lipinski definition) is 2. The average Bonchev–Trinajstić information content (AvgIpc) is 2.51. The number of primary amides is 1. The number of halogens is 1. The van der Waals surface area contributed by atoms with Crippen molar-refractivity contribution < 1.29 is 22.7 Å². The Labute approximate surface area is 151 Å². The van der Waals surface area contributed by atoms with Crippen LogP contribution >= 0.6 is 11.6 Å². The van der Waals surface area contributed by atoms with Gasteiger partial charge in [-0.3, -0.25) is 9.59 Å². The molecule has 1 aromatic carbocycles. The molecule has 138 valence electrons. The molecule has 1 saturated heterocycles. The van der Waals surface area contributed by atoms with Gasteiger partial charge in [0.25, 0.3) is 5.91 Å². The predicted molar refractivity (Wildman–Crippen MR) is 91.7 cm³/mol. The Bertz CT molecular complexity index is 773. The third-order valence-corrected chi connectivity index (χ3v) is 5.93. The highest BCUT2D eigenvalue weighted by Gasteiger charge is 2.33. The number of sulfonamides is 1. The van der Waals surface area contributed by atoms with Gasteiger partial charge >= 0.3 is 0 Å². The van der Waals surface area contributed by atoms with Gasteiger partial charge in [0.1, 0.15) is 4.90 Å². The van der Waals surface area contributed by atoms with Gasteiger partial charge in [-0.1, -0.05) is 11.6 Å². The Kier molecular flexibility index (Phi) is 6.04. The third kappa shape index (κ3) is 4.69. The normalized spacial score (nSPS) is 21.7. The number of nitrogens with two attached hydrogens (primary N) is 1. The van der Waals surface area contributed by atoms with Crippen molar-refractivity contribution in [3.63, 3.8) is 0 Å². The van der Waals surface area contributed by atoms with Crippen molar-refractivity contribution in [3.05, 3.63) is 28.8 Å². The van der Waals surface area contributed by atoms with Crippen molar-refractivity contribution in [2.45, 2.75) is 31.0 Å². The highest BCUT2D eigenvalue weighted by Crippen LogP contribution is 2.28. The number of rotatable bonds is 5. The van der Waals surface area contributed by atoms with E-state index in [0.717, 1.165) is 0 Å². The summed E-state index contributed by atoms with van der Waals surface area (Å²) in [7, 11) is -3.90. The van der Waals surface area contributed by atoms with Crippen LogP contribution in [0.1, 0.15) is 24.2 Å².